The first-order valence-electron chi connectivity index (χ1n) is 35.3. The number of carbonyl (C=O) groups is 6. The van der Waals surface area contributed by atoms with E-state index in [0.717, 1.165) is 57.5 Å². The molecule has 2 aliphatic carbocycles. The SMILES string of the molecule is C1CCOC1.Cc1cc(N2CCOC[C@@H]2C(F)(F)F)cc(F)c1C(=O)N[C@@H](Cc1ccc(-n2c(=O)c3ccncc3n(C)c2=O)c2ncccc12)C(=O)OC1CC1.Cc1cc(N2CCOC[C@@H]2C(F)(F)F)cc(F)c1C(=O)N[C@@H](Cc1ccc(N2C(=O)c3ccncc3C(C)C2=O)c2ncccc12)C(=O)O.OC1CC1. The lowest BCUT2D eigenvalue weighted by Gasteiger charge is -2.38. The van der Waals surface area contributed by atoms with Crippen LogP contribution in [0.4, 0.5) is 52.2 Å². The van der Waals surface area contributed by atoms with Gasteiger partial charge in [0.05, 0.1) is 89.1 Å². The van der Waals surface area contributed by atoms with Crippen LogP contribution in [-0.4, -0.2) is 176 Å². The molecule has 4 amide bonds. The first-order chi connectivity index (χ1) is 52.5. The Balaban J connectivity index is 0.000000183. The Morgan fingerprint density at radius 2 is 1.15 bits per heavy atom. The predicted molar refractivity (Wildman–Crippen MR) is 384 cm³/mol. The quantitative estimate of drug-likeness (QED) is 0.0422. The van der Waals surface area contributed by atoms with E-state index in [-0.39, 0.29) is 102 Å². The second-order valence-corrected chi connectivity index (χ2v) is 27.2. The van der Waals surface area contributed by atoms with E-state index in [0.29, 0.717) is 51.4 Å². The highest BCUT2D eigenvalue weighted by Gasteiger charge is 2.48. The van der Waals surface area contributed by atoms with Gasteiger partial charge in [-0.25, -0.2) is 32.6 Å². The van der Waals surface area contributed by atoms with Crippen molar-refractivity contribution in [2.75, 3.05) is 67.4 Å². The number of fused-ring (bicyclic) bond motifs is 4. The van der Waals surface area contributed by atoms with E-state index in [9.17, 15) is 69.8 Å². The number of anilines is 3. The van der Waals surface area contributed by atoms with Crippen LogP contribution >= 0.6 is 0 Å². The topological polar surface area (TPSA) is 309 Å². The summed E-state index contributed by atoms with van der Waals surface area (Å²) in [6, 6.07) is 13.0. The first kappa shape index (κ1) is 78.4. The number of aliphatic hydroxyl groups is 1. The molecular formula is C77H75F8N11O14. The molecule has 0 bridgehead atoms. The third-order valence-electron chi connectivity index (χ3n) is 19.5. The van der Waals surface area contributed by atoms with Crippen molar-refractivity contribution < 1.29 is 93.1 Å². The molecule has 4 aromatic carbocycles. The van der Waals surface area contributed by atoms with Crippen LogP contribution < -0.4 is 36.6 Å². The summed E-state index contributed by atoms with van der Waals surface area (Å²) in [6.45, 7) is 4.88. The molecule has 5 fully saturated rings. The second kappa shape index (κ2) is 33.0. The largest absolute Gasteiger partial charge is 0.480 e. The van der Waals surface area contributed by atoms with Gasteiger partial charge in [0.15, 0.2) is 0 Å². The average molecular weight is 1530 g/mol. The number of ether oxygens (including phenoxy) is 4. The number of halogens is 8. The number of pyridine rings is 4. The van der Waals surface area contributed by atoms with Gasteiger partial charge < -0.3 is 49.6 Å². The van der Waals surface area contributed by atoms with Crippen LogP contribution in [0.5, 0.6) is 0 Å². The molecule has 110 heavy (non-hydrogen) atoms. The Morgan fingerprint density at radius 1 is 0.636 bits per heavy atom. The zero-order valence-corrected chi connectivity index (χ0v) is 59.7. The molecule has 4 N–H and O–H groups in total. The van der Waals surface area contributed by atoms with Gasteiger partial charge in [-0.1, -0.05) is 24.3 Å². The van der Waals surface area contributed by atoms with Crippen molar-refractivity contribution in [1.82, 2.24) is 39.7 Å². The molecule has 5 aromatic heterocycles. The number of rotatable bonds is 15. The number of hydrogen-bond acceptors (Lipinski definition) is 19. The van der Waals surface area contributed by atoms with Crippen molar-refractivity contribution in [3.63, 3.8) is 0 Å². The molecule has 4 aliphatic heterocycles. The molecule has 9 aromatic rings. The van der Waals surface area contributed by atoms with Gasteiger partial charge in [0, 0.05) is 105 Å². The molecule has 15 rings (SSSR count). The molecule has 0 radical (unpaired) electrons. The van der Waals surface area contributed by atoms with Crippen LogP contribution in [0.25, 0.3) is 38.4 Å². The van der Waals surface area contributed by atoms with Crippen LogP contribution in [0.15, 0.2) is 132 Å². The van der Waals surface area contributed by atoms with Gasteiger partial charge >= 0.3 is 30.0 Å². The monoisotopic (exact) mass is 1530 g/mol. The van der Waals surface area contributed by atoms with Gasteiger partial charge in [0.1, 0.15) is 41.9 Å². The molecule has 1 unspecified atom stereocenters. The van der Waals surface area contributed by atoms with Crippen molar-refractivity contribution in [2.45, 2.75) is 127 Å². The number of aliphatic carboxylic acids is 1. The summed E-state index contributed by atoms with van der Waals surface area (Å²) in [6.07, 6.45) is 4.71. The molecule has 2 saturated carbocycles. The fraction of sp³-hybridized carbons (Fsp3) is 0.377. The summed E-state index contributed by atoms with van der Waals surface area (Å²) in [5.41, 5.74) is 0.689. The van der Waals surface area contributed by atoms with Gasteiger partial charge in [-0.2, -0.15) is 26.3 Å². The number of hydrogen-bond donors (Lipinski definition) is 4. The molecule has 0 spiro atoms. The number of alkyl halides is 6. The number of aryl methyl sites for hydroxylation is 3. The highest BCUT2D eigenvalue weighted by atomic mass is 19.4. The number of nitrogens with zero attached hydrogens (tertiary/aromatic N) is 9. The van der Waals surface area contributed by atoms with Gasteiger partial charge in [0.25, 0.3) is 23.3 Å². The van der Waals surface area contributed by atoms with Crippen LogP contribution in [0.2, 0.25) is 0 Å². The maximum absolute atomic E-state index is 15.7. The molecule has 5 atom stereocenters. The van der Waals surface area contributed by atoms with Crippen molar-refractivity contribution in [3.8, 4) is 5.69 Å². The van der Waals surface area contributed by atoms with E-state index in [1.54, 1.807) is 37.3 Å². The Hall–Kier alpha value is -11.2. The summed E-state index contributed by atoms with van der Waals surface area (Å²) in [5, 5.41) is 24.3. The normalized spacial score (nSPS) is 18.4. The number of imide groups is 1. The van der Waals surface area contributed by atoms with Gasteiger partial charge in [-0.15, -0.1) is 0 Å². The van der Waals surface area contributed by atoms with Crippen molar-refractivity contribution >= 4 is 85.3 Å². The lowest BCUT2D eigenvalue weighted by atomic mass is 9.90. The minimum Gasteiger partial charge on any atom is -0.480 e. The number of esters is 1. The number of aliphatic hydroxyl groups excluding tert-OH is 1. The minimum absolute atomic E-state index is 0.00357. The molecule has 3 saturated heterocycles. The second-order valence-electron chi connectivity index (χ2n) is 27.2. The van der Waals surface area contributed by atoms with Crippen molar-refractivity contribution in [1.29, 1.82) is 0 Å². The van der Waals surface area contributed by atoms with E-state index in [4.69, 9.17) is 24.1 Å². The van der Waals surface area contributed by atoms with Crippen LogP contribution in [-0.2, 0) is 53.2 Å². The first-order valence-corrected chi connectivity index (χ1v) is 35.3. The summed E-state index contributed by atoms with van der Waals surface area (Å²) >= 11 is 0. The Morgan fingerprint density at radius 3 is 1.65 bits per heavy atom. The molecule has 6 aliphatic rings. The van der Waals surface area contributed by atoms with Gasteiger partial charge in [0.2, 0.25) is 5.91 Å². The number of nitrogens with one attached hydrogen (secondary N) is 2. The number of benzene rings is 4. The van der Waals surface area contributed by atoms with E-state index in [2.05, 4.69) is 30.6 Å². The van der Waals surface area contributed by atoms with Gasteiger partial charge in [-0.05, 0) is 148 Å². The van der Waals surface area contributed by atoms with E-state index in [1.165, 1.54) is 118 Å². The van der Waals surface area contributed by atoms with Gasteiger partial charge in [-0.3, -0.25) is 48.5 Å². The van der Waals surface area contributed by atoms with Crippen LogP contribution in [0.3, 0.4) is 0 Å². The Bertz CT molecular complexity index is 5110. The number of amides is 4. The Kier molecular flexibility index (Phi) is 23.5. The minimum atomic E-state index is -4.64. The zero-order chi connectivity index (χ0) is 78.6. The fourth-order valence-electron chi connectivity index (χ4n) is 13.4. The molecule has 33 heteroatoms. The highest BCUT2D eigenvalue weighted by Crippen LogP contribution is 2.39. The van der Waals surface area contributed by atoms with E-state index < -0.39 is 125 Å². The van der Waals surface area contributed by atoms with E-state index >= 15 is 8.78 Å². The summed E-state index contributed by atoms with van der Waals surface area (Å²) in [4.78, 5) is 127. The highest BCUT2D eigenvalue weighted by molar-refractivity contribution is 6.28. The fourth-order valence-corrected chi connectivity index (χ4v) is 13.4. The molecular weight excluding hydrogens is 1450 g/mol. The maximum Gasteiger partial charge on any atom is 0.411 e. The number of carbonyl (C=O) groups excluding carboxylic acids is 5. The lowest BCUT2D eigenvalue weighted by Crippen LogP contribution is -2.53. The van der Waals surface area contributed by atoms with Crippen molar-refractivity contribution in [2.24, 2.45) is 7.05 Å². The number of carboxylic acids is 1. The molecule has 578 valence electrons. The summed E-state index contributed by atoms with van der Waals surface area (Å²) < 4.78 is 136. The number of aromatic nitrogens is 6. The van der Waals surface area contributed by atoms with E-state index in [1.807, 2.05) is 0 Å². The molecule has 9 heterocycles. The number of carboxylic acid groups (broad SMARTS) is 1. The summed E-state index contributed by atoms with van der Waals surface area (Å²) in [5.74, 6) is -8.16. The third-order valence-corrected chi connectivity index (χ3v) is 19.5. The standard InChI is InChI=1S/C36H32F4N6O6.C34H29F4N5O6.C4H8O.C3H6O/c1-19-14-21(45-12-13-51-18-29(45)36(38,39)40)16-25(37)30(19)32(47)43-26(34(49)52-22-6-7-22)15-20-5-8-27(31-23(20)4-3-10-42-31)46-33(48)24-9-11-41-17-28(24)44(2)35(46)50;1-17-12-20(42-10-11-49-16-27(42)34(36,37)38)14-24(35)28(17)30(44)41-25(33(47)48)13-19-5-6-26(29-21(19)4-3-8-40-29)43-31(45)18(2)23-15-39-9-7-22(23)32(43)46;1-2-4-5-3-1;4-3-1-2-3/h3-5,8-11,14,16-17,22,26,29H,6-7,12-13,15,18H2,1-2H3,(H,43,47);3-9,12,14-15,18,25,27H,10-11,13,16H2,1-2H3,(H,41,44)(H,47,48);1-4H2;3-4H,1-2H2/t26-,29+;18?,25-,27+;;/m00../s1. The summed E-state index contributed by atoms with van der Waals surface area (Å²) in [7, 11) is 1.52. The van der Waals surface area contributed by atoms with Crippen LogP contribution in [0.1, 0.15) is 110 Å². The number of morpholine rings is 2. The predicted octanol–water partition coefficient (Wildman–Crippen LogP) is 9.39. The third kappa shape index (κ3) is 17.1. The zero-order valence-electron chi connectivity index (χ0n) is 59.7. The van der Waals surface area contributed by atoms with Crippen molar-refractivity contribution in [3.05, 3.63) is 199 Å². The Labute approximate surface area is 621 Å². The maximum atomic E-state index is 15.7. The molecule has 25 nitrogen and oxygen atoms in total. The van der Waals surface area contributed by atoms with Crippen LogP contribution in [0, 0.1) is 25.5 Å². The lowest BCUT2D eigenvalue weighted by molar-refractivity contribution is -0.167. The average Bonchev–Trinajstić information content (AvgIpc) is 1.12. The smallest absolute Gasteiger partial charge is 0.411 e.